The van der Waals surface area contributed by atoms with Gasteiger partial charge in [-0.15, -0.1) is 0 Å². The van der Waals surface area contributed by atoms with Gasteiger partial charge in [-0.1, -0.05) is 0 Å². The molecule has 0 radical (unpaired) electrons. The first-order valence-electron chi connectivity index (χ1n) is 7.44. The minimum atomic E-state index is -0.457. The number of Topliss-reactive ketones (excluding diaryl/α,β-unsaturated/α-hetero) is 1. The Kier molecular flexibility index (Phi) is 3.49. The molecule has 114 valence electrons. The maximum atomic E-state index is 12.4. The highest BCUT2D eigenvalue weighted by atomic mass is 16.5. The fourth-order valence-corrected chi connectivity index (χ4v) is 3.15. The summed E-state index contributed by atoms with van der Waals surface area (Å²) in [6.07, 6.45) is 3.81. The monoisotopic (exact) mass is 298 g/mol. The minimum Gasteiger partial charge on any atom is -0.444 e. The molecular formula is C16H18N4O2. The number of ether oxygens (including phenoxy) is 1. The fourth-order valence-electron chi connectivity index (χ4n) is 3.15. The van der Waals surface area contributed by atoms with E-state index in [4.69, 9.17) is 10.5 Å². The van der Waals surface area contributed by atoms with Crippen LogP contribution in [-0.4, -0.2) is 15.6 Å². The van der Waals surface area contributed by atoms with Crippen molar-refractivity contribution in [3.8, 4) is 6.07 Å². The average molecular weight is 298 g/mol. The van der Waals surface area contributed by atoms with Gasteiger partial charge in [0.2, 0.25) is 5.88 Å². The van der Waals surface area contributed by atoms with Crippen LogP contribution in [0, 0.1) is 18.3 Å². The van der Waals surface area contributed by atoms with Gasteiger partial charge in [0, 0.05) is 36.7 Å². The van der Waals surface area contributed by atoms with Crippen LogP contribution in [0.15, 0.2) is 29.0 Å². The summed E-state index contributed by atoms with van der Waals surface area (Å²) >= 11 is 0. The van der Waals surface area contributed by atoms with Crippen molar-refractivity contribution >= 4 is 5.78 Å². The Bertz CT molecular complexity index is 749. The second-order valence-electron chi connectivity index (χ2n) is 5.56. The molecule has 6 nitrogen and oxygen atoms in total. The molecular weight excluding hydrogens is 280 g/mol. The highest BCUT2D eigenvalue weighted by Gasteiger charge is 2.39. The molecule has 1 atom stereocenters. The van der Waals surface area contributed by atoms with E-state index in [1.54, 1.807) is 4.68 Å². The van der Waals surface area contributed by atoms with Crippen molar-refractivity contribution in [3.05, 3.63) is 40.2 Å². The van der Waals surface area contributed by atoms with Crippen LogP contribution in [0.2, 0.25) is 0 Å². The SMILES string of the molecule is CCn1cc(C2C(C#N)=C(N)OC3=C2C(=O)CCC3)c(C)n1. The van der Waals surface area contributed by atoms with Crippen LogP contribution in [0.4, 0.5) is 0 Å². The lowest BCUT2D eigenvalue weighted by Crippen LogP contribution is -2.27. The van der Waals surface area contributed by atoms with E-state index < -0.39 is 5.92 Å². The number of ketones is 1. The van der Waals surface area contributed by atoms with Crippen LogP contribution in [0.1, 0.15) is 43.4 Å². The topological polar surface area (TPSA) is 93.9 Å². The maximum absolute atomic E-state index is 12.4. The van der Waals surface area contributed by atoms with Gasteiger partial charge in [-0.25, -0.2) is 0 Å². The second kappa shape index (κ2) is 5.34. The number of hydrogen-bond donors (Lipinski definition) is 1. The highest BCUT2D eigenvalue weighted by Crippen LogP contribution is 2.43. The summed E-state index contributed by atoms with van der Waals surface area (Å²) in [7, 11) is 0. The predicted octanol–water partition coefficient (Wildman–Crippen LogP) is 2.03. The molecule has 0 saturated heterocycles. The molecule has 0 spiro atoms. The van der Waals surface area contributed by atoms with Crippen molar-refractivity contribution in [3.63, 3.8) is 0 Å². The number of rotatable bonds is 2. The third-order valence-electron chi connectivity index (χ3n) is 4.22. The van der Waals surface area contributed by atoms with E-state index in [1.165, 1.54) is 0 Å². The van der Waals surface area contributed by atoms with Crippen molar-refractivity contribution in [1.82, 2.24) is 9.78 Å². The lowest BCUT2D eigenvalue weighted by Gasteiger charge is -2.30. The van der Waals surface area contributed by atoms with Gasteiger partial charge in [0.1, 0.15) is 17.4 Å². The molecule has 0 aromatic carbocycles. The molecule has 1 aromatic heterocycles. The molecule has 6 heteroatoms. The third kappa shape index (κ3) is 2.10. The fraction of sp³-hybridized carbons (Fsp3) is 0.438. The summed E-state index contributed by atoms with van der Waals surface area (Å²) in [6.45, 7) is 4.60. The molecule has 1 aliphatic heterocycles. The average Bonchev–Trinajstić information content (AvgIpc) is 2.87. The number of nitrogens with two attached hydrogens (primary N) is 1. The molecule has 2 heterocycles. The number of carbonyl (C=O) groups is 1. The van der Waals surface area contributed by atoms with Crippen molar-refractivity contribution in [2.24, 2.45) is 5.73 Å². The Morgan fingerprint density at radius 3 is 2.95 bits per heavy atom. The maximum Gasteiger partial charge on any atom is 0.205 e. The Hall–Kier alpha value is -2.55. The van der Waals surface area contributed by atoms with Gasteiger partial charge in [-0.3, -0.25) is 9.48 Å². The van der Waals surface area contributed by atoms with Crippen LogP contribution in [0.5, 0.6) is 0 Å². The summed E-state index contributed by atoms with van der Waals surface area (Å²) in [4.78, 5) is 12.4. The Balaban J connectivity index is 2.20. The Labute approximate surface area is 128 Å². The molecule has 2 N–H and O–H groups in total. The van der Waals surface area contributed by atoms with Crippen LogP contribution in [-0.2, 0) is 16.1 Å². The molecule has 0 bridgehead atoms. The summed E-state index contributed by atoms with van der Waals surface area (Å²) in [5.74, 6) is 0.294. The Morgan fingerprint density at radius 1 is 1.55 bits per heavy atom. The Morgan fingerprint density at radius 2 is 2.32 bits per heavy atom. The van der Waals surface area contributed by atoms with E-state index in [2.05, 4.69) is 11.2 Å². The molecule has 0 saturated carbocycles. The van der Waals surface area contributed by atoms with Gasteiger partial charge in [0.15, 0.2) is 5.78 Å². The predicted molar refractivity (Wildman–Crippen MR) is 79.2 cm³/mol. The molecule has 1 aromatic rings. The van der Waals surface area contributed by atoms with Gasteiger partial charge >= 0.3 is 0 Å². The molecule has 1 unspecified atom stereocenters. The van der Waals surface area contributed by atoms with Gasteiger partial charge in [-0.2, -0.15) is 10.4 Å². The quantitative estimate of drug-likeness (QED) is 0.901. The zero-order valence-electron chi connectivity index (χ0n) is 12.7. The normalized spacial score (nSPS) is 21.5. The van der Waals surface area contributed by atoms with Gasteiger partial charge in [0.25, 0.3) is 0 Å². The number of aryl methyl sites for hydroxylation is 2. The van der Waals surface area contributed by atoms with Crippen molar-refractivity contribution in [2.45, 2.75) is 45.6 Å². The summed E-state index contributed by atoms with van der Waals surface area (Å²) in [5, 5.41) is 13.9. The zero-order valence-corrected chi connectivity index (χ0v) is 12.7. The number of carbonyl (C=O) groups excluding carboxylic acids is 1. The van der Waals surface area contributed by atoms with Crippen molar-refractivity contribution in [2.75, 3.05) is 0 Å². The smallest absolute Gasteiger partial charge is 0.205 e. The zero-order chi connectivity index (χ0) is 15.9. The second-order valence-corrected chi connectivity index (χ2v) is 5.56. The number of nitrogens with zero attached hydrogens (tertiary/aromatic N) is 3. The van der Waals surface area contributed by atoms with Crippen molar-refractivity contribution < 1.29 is 9.53 Å². The molecule has 0 amide bonds. The first kappa shape index (κ1) is 14.4. The molecule has 3 rings (SSSR count). The van der Waals surface area contributed by atoms with E-state index in [0.717, 1.165) is 24.2 Å². The van der Waals surface area contributed by atoms with Crippen LogP contribution < -0.4 is 5.73 Å². The van der Waals surface area contributed by atoms with Crippen LogP contribution >= 0.6 is 0 Å². The summed E-state index contributed by atoms with van der Waals surface area (Å²) < 4.78 is 7.36. The molecule has 22 heavy (non-hydrogen) atoms. The van der Waals surface area contributed by atoms with E-state index in [-0.39, 0.29) is 11.7 Å². The number of aromatic nitrogens is 2. The van der Waals surface area contributed by atoms with Gasteiger partial charge < -0.3 is 10.5 Å². The van der Waals surface area contributed by atoms with E-state index >= 15 is 0 Å². The van der Waals surface area contributed by atoms with E-state index in [9.17, 15) is 10.1 Å². The summed E-state index contributed by atoms with van der Waals surface area (Å²) in [6, 6.07) is 2.12. The first-order valence-corrected chi connectivity index (χ1v) is 7.44. The standard InChI is InChI=1S/C16H18N4O2/c1-3-20-8-11(9(2)19-20)14-10(7-17)16(18)22-13-6-4-5-12(21)15(13)14/h8,14H,3-6,18H2,1-2H3. The van der Waals surface area contributed by atoms with Gasteiger partial charge in [0.05, 0.1) is 11.6 Å². The molecule has 1 aliphatic carbocycles. The van der Waals surface area contributed by atoms with Crippen LogP contribution in [0.3, 0.4) is 0 Å². The van der Waals surface area contributed by atoms with E-state index in [1.807, 2.05) is 20.0 Å². The first-order chi connectivity index (χ1) is 10.6. The third-order valence-corrected chi connectivity index (χ3v) is 4.22. The van der Waals surface area contributed by atoms with E-state index in [0.29, 0.717) is 29.7 Å². The minimum absolute atomic E-state index is 0.0372. The number of nitriles is 1. The van der Waals surface area contributed by atoms with Crippen LogP contribution in [0.25, 0.3) is 0 Å². The largest absolute Gasteiger partial charge is 0.444 e. The number of allylic oxidation sites excluding steroid dienone is 3. The summed E-state index contributed by atoms with van der Waals surface area (Å²) in [5.41, 5.74) is 8.46. The lowest BCUT2D eigenvalue weighted by molar-refractivity contribution is -0.116. The molecule has 2 aliphatic rings. The molecule has 0 fully saturated rings. The van der Waals surface area contributed by atoms with Gasteiger partial charge in [-0.05, 0) is 20.3 Å². The van der Waals surface area contributed by atoms with Crippen molar-refractivity contribution in [1.29, 1.82) is 5.26 Å². The lowest BCUT2D eigenvalue weighted by atomic mass is 9.78. The highest BCUT2D eigenvalue weighted by molar-refractivity contribution is 5.99. The number of hydrogen-bond acceptors (Lipinski definition) is 5.